The van der Waals surface area contributed by atoms with E-state index in [0.717, 1.165) is 10.6 Å². The van der Waals surface area contributed by atoms with Crippen LogP contribution in [0, 0.1) is 5.92 Å². The minimum absolute atomic E-state index is 0.217. The van der Waals surface area contributed by atoms with Gasteiger partial charge in [0.25, 0.3) is 0 Å². The molecule has 1 unspecified atom stereocenters. The van der Waals surface area contributed by atoms with Crippen molar-refractivity contribution in [3.8, 4) is 0 Å². The molecule has 0 bridgehead atoms. The molecule has 1 aliphatic carbocycles. The van der Waals surface area contributed by atoms with Crippen LogP contribution in [0.25, 0.3) is 0 Å². The van der Waals surface area contributed by atoms with Crippen molar-refractivity contribution in [1.82, 2.24) is 0 Å². The summed E-state index contributed by atoms with van der Waals surface area (Å²) >= 11 is 6.06. The van der Waals surface area contributed by atoms with E-state index >= 15 is 0 Å². The van der Waals surface area contributed by atoms with Crippen LogP contribution >= 0.6 is 11.6 Å². The van der Waals surface area contributed by atoms with Gasteiger partial charge in [-0.25, -0.2) is 0 Å². The fraction of sp³-hybridized carbons (Fsp3) is 0.455. The molecule has 1 fully saturated rings. The zero-order valence-electron chi connectivity index (χ0n) is 7.41. The summed E-state index contributed by atoms with van der Waals surface area (Å²) in [7, 11) is 0. The van der Waals surface area contributed by atoms with Gasteiger partial charge >= 0.3 is 0 Å². The molecular formula is C11H13ClO. The molecule has 0 aromatic heterocycles. The molecule has 0 heterocycles. The molecule has 1 nitrogen and oxygen atoms in total. The Labute approximate surface area is 83.3 Å². The first-order chi connectivity index (χ1) is 6.33. The summed E-state index contributed by atoms with van der Waals surface area (Å²) in [6.07, 6.45) is 2.47. The van der Waals surface area contributed by atoms with Crippen LogP contribution in [0.5, 0.6) is 0 Å². The van der Waals surface area contributed by atoms with E-state index in [-0.39, 0.29) is 12.5 Å². The summed E-state index contributed by atoms with van der Waals surface area (Å²) in [5.41, 5.74) is 1.11. The van der Waals surface area contributed by atoms with Gasteiger partial charge in [0.2, 0.25) is 0 Å². The lowest BCUT2D eigenvalue weighted by atomic mass is 9.95. The van der Waals surface area contributed by atoms with Gasteiger partial charge in [0.05, 0.1) is 6.61 Å². The second-order valence-corrected chi connectivity index (χ2v) is 4.06. The molecule has 1 aliphatic rings. The molecule has 1 atom stereocenters. The number of rotatable bonds is 3. The van der Waals surface area contributed by atoms with Crippen molar-refractivity contribution in [2.24, 2.45) is 5.92 Å². The first-order valence-electron chi connectivity index (χ1n) is 4.68. The molecule has 1 saturated carbocycles. The molecule has 70 valence electrons. The maximum Gasteiger partial charge on any atom is 0.0502 e. The highest BCUT2D eigenvalue weighted by molar-refractivity contribution is 6.31. The van der Waals surface area contributed by atoms with E-state index in [1.807, 2.05) is 24.3 Å². The third-order valence-corrected chi connectivity index (χ3v) is 3.04. The van der Waals surface area contributed by atoms with Gasteiger partial charge in [0, 0.05) is 10.9 Å². The zero-order valence-corrected chi connectivity index (χ0v) is 8.17. The second kappa shape index (κ2) is 3.69. The first-order valence-corrected chi connectivity index (χ1v) is 5.06. The van der Waals surface area contributed by atoms with Crippen LogP contribution in [0.1, 0.15) is 24.3 Å². The summed E-state index contributed by atoms with van der Waals surface area (Å²) in [6.45, 7) is 0.217. The lowest BCUT2D eigenvalue weighted by Gasteiger charge is -2.14. The average Bonchev–Trinajstić information content (AvgIpc) is 2.93. The lowest BCUT2D eigenvalue weighted by Crippen LogP contribution is -2.06. The van der Waals surface area contributed by atoms with Crippen molar-refractivity contribution in [2.45, 2.75) is 18.8 Å². The Balaban J connectivity index is 2.26. The van der Waals surface area contributed by atoms with Crippen LogP contribution in [-0.4, -0.2) is 11.7 Å². The molecule has 2 rings (SSSR count). The molecule has 13 heavy (non-hydrogen) atoms. The molecule has 0 saturated heterocycles. The van der Waals surface area contributed by atoms with Gasteiger partial charge in [-0.15, -0.1) is 0 Å². The molecular weight excluding hydrogens is 184 g/mol. The largest absolute Gasteiger partial charge is 0.396 e. The van der Waals surface area contributed by atoms with Crippen molar-refractivity contribution in [3.63, 3.8) is 0 Å². The number of hydrogen-bond donors (Lipinski definition) is 1. The molecule has 1 aromatic rings. The summed E-state index contributed by atoms with van der Waals surface area (Å²) in [5, 5.41) is 10.0. The minimum Gasteiger partial charge on any atom is -0.396 e. The Morgan fingerprint density at radius 2 is 2.08 bits per heavy atom. The molecule has 1 aromatic carbocycles. The first kappa shape index (κ1) is 9.04. The normalized spacial score (nSPS) is 18.6. The number of benzene rings is 1. The number of halogens is 1. The van der Waals surface area contributed by atoms with Gasteiger partial charge in [-0.3, -0.25) is 0 Å². The monoisotopic (exact) mass is 196 g/mol. The van der Waals surface area contributed by atoms with E-state index in [1.54, 1.807) is 0 Å². The van der Waals surface area contributed by atoms with Gasteiger partial charge in [0.15, 0.2) is 0 Å². The van der Waals surface area contributed by atoms with E-state index in [4.69, 9.17) is 11.6 Å². The highest BCUT2D eigenvalue weighted by Gasteiger charge is 2.32. The van der Waals surface area contributed by atoms with Crippen molar-refractivity contribution < 1.29 is 5.11 Å². The summed E-state index contributed by atoms with van der Waals surface area (Å²) < 4.78 is 0. The maximum absolute atomic E-state index is 9.26. The zero-order chi connectivity index (χ0) is 9.26. The lowest BCUT2D eigenvalue weighted by molar-refractivity contribution is 0.253. The summed E-state index contributed by atoms with van der Waals surface area (Å²) in [4.78, 5) is 0. The third-order valence-electron chi connectivity index (χ3n) is 2.69. The topological polar surface area (TPSA) is 20.2 Å². The average molecular weight is 197 g/mol. The fourth-order valence-electron chi connectivity index (χ4n) is 1.78. The van der Waals surface area contributed by atoms with E-state index in [1.165, 1.54) is 12.8 Å². The van der Waals surface area contributed by atoms with Crippen LogP contribution < -0.4 is 0 Å². The van der Waals surface area contributed by atoms with E-state index in [2.05, 4.69) is 0 Å². The predicted molar refractivity (Wildman–Crippen MR) is 54.0 cm³/mol. The van der Waals surface area contributed by atoms with Gasteiger partial charge in [-0.1, -0.05) is 29.8 Å². The van der Waals surface area contributed by atoms with Crippen molar-refractivity contribution in [2.75, 3.05) is 6.61 Å². The fourth-order valence-corrected chi connectivity index (χ4v) is 2.05. The Bertz CT molecular complexity index is 294. The molecule has 1 N–H and O–H groups in total. The summed E-state index contributed by atoms with van der Waals surface area (Å²) in [5.74, 6) is 0.915. The van der Waals surface area contributed by atoms with Crippen molar-refractivity contribution in [1.29, 1.82) is 0 Å². The van der Waals surface area contributed by atoms with Gasteiger partial charge in [-0.2, -0.15) is 0 Å². The van der Waals surface area contributed by atoms with Crippen LogP contribution in [0.4, 0.5) is 0 Å². The van der Waals surface area contributed by atoms with Gasteiger partial charge < -0.3 is 5.11 Å². The second-order valence-electron chi connectivity index (χ2n) is 3.65. The Hall–Kier alpha value is -0.530. The SMILES string of the molecule is OCC(c1ccccc1Cl)C1CC1. The van der Waals surface area contributed by atoms with Gasteiger partial charge in [-0.05, 0) is 30.4 Å². The smallest absolute Gasteiger partial charge is 0.0502 e. The molecule has 0 radical (unpaired) electrons. The van der Waals surface area contributed by atoms with Crippen LogP contribution in [0.3, 0.4) is 0 Å². The van der Waals surface area contributed by atoms with Crippen LogP contribution in [0.15, 0.2) is 24.3 Å². The highest BCUT2D eigenvalue weighted by atomic mass is 35.5. The Morgan fingerprint density at radius 3 is 2.62 bits per heavy atom. The van der Waals surface area contributed by atoms with E-state index < -0.39 is 0 Å². The Kier molecular flexibility index (Phi) is 2.56. The predicted octanol–water partition coefficient (Wildman–Crippen LogP) is 2.83. The molecule has 0 spiro atoms. The number of aliphatic hydroxyl groups excluding tert-OH is 1. The van der Waals surface area contributed by atoms with E-state index in [0.29, 0.717) is 5.92 Å². The minimum atomic E-state index is 0.217. The van der Waals surface area contributed by atoms with Crippen LogP contribution in [-0.2, 0) is 0 Å². The van der Waals surface area contributed by atoms with Crippen molar-refractivity contribution in [3.05, 3.63) is 34.9 Å². The van der Waals surface area contributed by atoms with E-state index in [9.17, 15) is 5.11 Å². The summed E-state index contributed by atoms with van der Waals surface area (Å²) in [6, 6.07) is 7.81. The number of hydrogen-bond acceptors (Lipinski definition) is 1. The van der Waals surface area contributed by atoms with Crippen LogP contribution in [0.2, 0.25) is 5.02 Å². The van der Waals surface area contributed by atoms with Gasteiger partial charge in [0.1, 0.15) is 0 Å². The number of aliphatic hydroxyl groups is 1. The molecule has 0 amide bonds. The Morgan fingerprint density at radius 1 is 1.38 bits per heavy atom. The molecule has 0 aliphatic heterocycles. The quantitative estimate of drug-likeness (QED) is 0.789. The maximum atomic E-state index is 9.26. The van der Waals surface area contributed by atoms with Crippen molar-refractivity contribution >= 4 is 11.6 Å². The third kappa shape index (κ3) is 1.87. The highest BCUT2D eigenvalue weighted by Crippen LogP contribution is 2.43. The molecule has 2 heteroatoms. The standard InChI is InChI=1S/C11H13ClO/c12-11-4-2-1-3-9(11)10(7-13)8-5-6-8/h1-4,8,10,13H,5-7H2.